The molecule has 1 N–H and O–H groups in total. The van der Waals surface area contributed by atoms with Crippen LogP contribution in [0.3, 0.4) is 0 Å². The highest BCUT2D eigenvalue weighted by atomic mass is 32.1. The molecule has 2 aromatic rings. The molecule has 20 heavy (non-hydrogen) atoms. The molecule has 3 rings (SSSR count). The standard InChI is InChI=1S/C12H11F2N3OS2/c1-5-9(20-6(2)15-5)8-4-19-11(16-8)17-10(18)7-3-12(7,13)14/h4,7H,3H2,1-2H3,(H,16,17,18). The molecule has 1 aliphatic rings. The second-order valence-electron chi connectivity index (χ2n) is 4.69. The molecule has 1 saturated carbocycles. The summed E-state index contributed by atoms with van der Waals surface area (Å²) >= 11 is 2.75. The van der Waals surface area contributed by atoms with Gasteiger partial charge in [-0.2, -0.15) is 0 Å². The Hall–Kier alpha value is -1.41. The third-order valence-electron chi connectivity index (χ3n) is 3.01. The number of aromatic nitrogens is 2. The van der Waals surface area contributed by atoms with E-state index < -0.39 is 17.7 Å². The zero-order chi connectivity index (χ0) is 14.5. The lowest BCUT2D eigenvalue weighted by Crippen LogP contribution is -2.17. The van der Waals surface area contributed by atoms with Crippen LogP contribution < -0.4 is 5.32 Å². The van der Waals surface area contributed by atoms with Crippen molar-refractivity contribution in [2.45, 2.75) is 26.2 Å². The first-order valence-corrected chi connectivity index (χ1v) is 7.65. The largest absolute Gasteiger partial charge is 0.302 e. The Labute approximate surface area is 121 Å². The zero-order valence-corrected chi connectivity index (χ0v) is 12.4. The van der Waals surface area contributed by atoms with Crippen molar-refractivity contribution in [3.8, 4) is 10.6 Å². The predicted molar refractivity (Wildman–Crippen MR) is 74.4 cm³/mol. The molecule has 0 saturated heterocycles. The van der Waals surface area contributed by atoms with Gasteiger partial charge in [0.15, 0.2) is 5.13 Å². The highest BCUT2D eigenvalue weighted by Crippen LogP contribution is 2.49. The lowest BCUT2D eigenvalue weighted by molar-refractivity contribution is -0.119. The first kappa shape index (κ1) is 13.6. The van der Waals surface area contributed by atoms with E-state index in [1.54, 1.807) is 5.38 Å². The number of halogens is 2. The quantitative estimate of drug-likeness (QED) is 0.943. The highest BCUT2D eigenvalue weighted by molar-refractivity contribution is 7.16. The number of aryl methyl sites for hydroxylation is 2. The van der Waals surface area contributed by atoms with Crippen LogP contribution in [0.15, 0.2) is 5.38 Å². The summed E-state index contributed by atoms with van der Waals surface area (Å²) in [5, 5.41) is 5.52. The first-order valence-electron chi connectivity index (χ1n) is 5.95. The van der Waals surface area contributed by atoms with E-state index >= 15 is 0 Å². The summed E-state index contributed by atoms with van der Waals surface area (Å²) in [5.41, 5.74) is 1.60. The molecule has 0 bridgehead atoms. The molecule has 2 aromatic heterocycles. The number of hydrogen-bond acceptors (Lipinski definition) is 5. The Kier molecular flexibility index (Phi) is 3.09. The molecular formula is C12H11F2N3OS2. The minimum absolute atomic E-state index is 0.346. The number of amides is 1. The molecule has 0 radical (unpaired) electrons. The van der Waals surface area contributed by atoms with Crippen LogP contribution in [0, 0.1) is 19.8 Å². The van der Waals surface area contributed by atoms with Crippen molar-refractivity contribution >= 4 is 33.7 Å². The lowest BCUT2D eigenvalue weighted by atomic mass is 10.3. The van der Waals surface area contributed by atoms with Crippen molar-refractivity contribution in [2.24, 2.45) is 5.92 Å². The van der Waals surface area contributed by atoms with E-state index in [0.29, 0.717) is 5.13 Å². The number of anilines is 1. The van der Waals surface area contributed by atoms with E-state index in [-0.39, 0.29) is 6.42 Å². The van der Waals surface area contributed by atoms with Gasteiger partial charge in [-0.3, -0.25) is 4.79 Å². The van der Waals surface area contributed by atoms with Crippen LogP contribution in [0.1, 0.15) is 17.1 Å². The molecule has 106 valence electrons. The van der Waals surface area contributed by atoms with Gasteiger partial charge in [0, 0.05) is 11.8 Å². The smallest absolute Gasteiger partial charge is 0.260 e. The van der Waals surface area contributed by atoms with Crippen molar-refractivity contribution in [3.63, 3.8) is 0 Å². The SMILES string of the molecule is Cc1nc(C)c(-c2csc(NC(=O)C3CC3(F)F)n2)s1. The maximum atomic E-state index is 12.8. The summed E-state index contributed by atoms with van der Waals surface area (Å²) in [6.45, 7) is 3.80. The van der Waals surface area contributed by atoms with Crippen molar-refractivity contribution in [1.82, 2.24) is 9.97 Å². The van der Waals surface area contributed by atoms with Gasteiger partial charge < -0.3 is 5.32 Å². The molecule has 1 fully saturated rings. The lowest BCUT2D eigenvalue weighted by Gasteiger charge is -1.99. The Bertz CT molecular complexity index is 680. The zero-order valence-electron chi connectivity index (χ0n) is 10.7. The summed E-state index contributed by atoms with van der Waals surface area (Å²) in [5.74, 6) is -4.72. The molecule has 2 heterocycles. The maximum absolute atomic E-state index is 12.8. The van der Waals surface area contributed by atoms with Crippen molar-refractivity contribution in [2.75, 3.05) is 5.32 Å². The van der Waals surface area contributed by atoms with E-state index in [4.69, 9.17) is 0 Å². The van der Waals surface area contributed by atoms with Gasteiger partial charge in [-0.25, -0.2) is 18.7 Å². The van der Waals surface area contributed by atoms with Gasteiger partial charge in [0.05, 0.1) is 21.3 Å². The Morgan fingerprint density at radius 2 is 2.15 bits per heavy atom. The average molecular weight is 315 g/mol. The number of rotatable bonds is 3. The fraction of sp³-hybridized carbons (Fsp3) is 0.417. The third-order valence-corrected chi connectivity index (χ3v) is 4.87. The molecule has 1 amide bonds. The van der Waals surface area contributed by atoms with Gasteiger partial charge in [0.25, 0.3) is 5.92 Å². The second-order valence-corrected chi connectivity index (χ2v) is 6.75. The topological polar surface area (TPSA) is 54.9 Å². The van der Waals surface area contributed by atoms with E-state index in [0.717, 1.165) is 21.3 Å². The predicted octanol–water partition coefficient (Wildman–Crippen LogP) is 3.48. The number of nitrogens with one attached hydrogen (secondary N) is 1. The van der Waals surface area contributed by atoms with Gasteiger partial charge in [0.1, 0.15) is 5.92 Å². The van der Waals surface area contributed by atoms with Gasteiger partial charge in [0.2, 0.25) is 5.91 Å². The molecule has 8 heteroatoms. The van der Waals surface area contributed by atoms with Gasteiger partial charge in [-0.1, -0.05) is 0 Å². The summed E-state index contributed by atoms with van der Waals surface area (Å²) < 4.78 is 25.6. The number of carbonyl (C=O) groups excluding carboxylic acids is 1. The van der Waals surface area contributed by atoms with E-state index in [9.17, 15) is 13.6 Å². The van der Waals surface area contributed by atoms with Gasteiger partial charge in [-0.05, 0) is 13.8 Å². The number of alkyl halides is 2. The first-order chi connectivity index (χ1) is 9.37. The number of thiazole rings is 2. The van der Waals surface area contributed by atoms with Gasteiger partial charge in [-0.15, -0.1) is 22.7 Å². The number of hydrogen-bond donors (Lipinski definition) is 1. The van der Waals surface area contributed by atoms with Crippen LogP contribution in [0.4, 0.5) is 13.9 Å². The number of carbonyl (C=O) groups is 1. The fourth-order valence-corrected chi connectivity index (χ4v) is 3.55. The highest BCUT2D eigenvalue weighted by Gasteiger charge is 2.61. The minimum atomic E-state index is -2.85. The molecule has 0 aromatic carbocycles. The summed E-state index contributed by atoms with van der Waals surface area (Å²) in [6.07, 6.45) is -0.371. The fourth-order valence-electron chi connectivity index (χ4n) is 1.89. The average Bonchev–Trinajstić information content (AvgIpc) is 2.72. The summed E-state index contributed by atoms with van der Waals surface area (Å²) in [7, 11) is 0. The molecule has 4 nitrogen and oxygen atoms in total. The van der Waals surface area contributed by atoms with Crippen molar-refractivity contribution in [1.29, 1.82) is 0 Å². The van der Waals surface area contributed by atoms with Crippen LogP contribution in [0.25, 0.3) is 10.6 Å². The van der Waals surface area contributed by atoms with Crippen LogP contribution >= 0.6 is 22.7 Å². The van der Waals surface area contributed by atoms with Crippen LogP contribution in [-0.4, -0.2) is 21.8 Å². The van der Waals surface area contributed by atoms with Crippen molar-refractivity contribution < 1.29 is 13.6 Å². The summed E-state index contributed by atoms with van der Waals surface area (Å²) in [6, 6.07) is 0. The van der Waals surface area contributed by atoms with Crippen LogP contribution in [0.5, 0.6) is 0 Å². The van der Waals surface area contributed by atoms with E-state index in [1.165, 1.54) is 22.7 Å². The third kappa shape index (κ3) is 2.45. The summed E-state index contributed by atoms with van der Waals surface area (Å²) in [4.78, 5) is 21.1. The molecule has 1 atom stereocenters. The maximum Gasteiger partial charge on any atom is 0.260 e. The Morgan fingerprint density at radius 1 is 1.45 bits per heavy atom. The van der Waals surface area contributed by atoms with Crippen molar-refractivity contribution in [3.05, 3.63) is 16.1 Å². The van der Waals surface area contributed by atoms with Crippen LogP contribution in [-0.2, 0) is 4.79 Å². The monoisotopic (exact) mass is 315 g/mol. The minimum Gasteiger partial charge on any atom is -0.302 e. The molecule has 0 spiro atoms. The van der Waals surface area contributed by atoms with Crippen LogP contribution in [0.2, 0.25) is 0 Å². The van der Waals surface area contributed by atoms with Gasteiger partial charge >= 0.3 is 0 Å². The molecule has 1 unspecified atom stereocenters. The molecular weight excluding hydrogens is 304 g/mol. The Morgan fingerprint density at radius 3 is 2.70 bits per heavy atom. The van der Waals surface area contributed by atoms with E-state index in [2.05, 4.69) is 15.3 Å². The normalized spacial score (nSPS) is 19.9. The molecule has 0 aliphatic heterocycles. The molecule has 1 aliphatic carbocycles. The van der Waals surface area contributed by atoms with E-state index in [1.807, 2.05) is 13.8 Å². The Balaban J connectivity index is 1.74. The second kappa shape index (κ2) is 4.56. The number of nitrogens with zero attached hydrogens (tertiary/aromatic N) is 2.